The summed E-state index contributed by atoms with van der Waals surface area (Å²) in [6.07, 6.45) is 2.68. The lowest BCUT2D eigenvalue weighted by atomic mass is 9.82. The second-order valence-electron chi connectivity index (χ2n) is 7.18. The lowest BCUT2D eigenvalue weighted by Gasteiger charge is -2.26. The topological polar surface area (TPSA) is 57.4 Å². The standard InChI is InChI=1S/C20H23NO3S/c1-15-10-12-17(13-11-15)25(23,24)21-18-9-5-6-14-20(18,21)19(22)16-7-3-2-4-8-16/h2-4,7-8,10-13,18-19,22H,5-6,9,14H2,1H3/t18-,19?,20+,21?/m0/s1. The van der Waals surface area contributed by atoms with Crippen molar-refractivity contribution in [3.8, 4) is 0 Å². The van der Waals surface area contributed by atoms with Crippen molar-refractivity contribution < 1.29 is 13.5 Å². The van der Waals surface area contributed by atoms with E-state index in [1.54, 1.807) is 16.4 Å². The Morgan fingerprint density at radius 3 is 2.44 bits per heavy atom. The molecule has 132 valence electrons. The minimum absolute atomic E-state index is 0.109. The van der Waals surface area contributed by atoms with Crippen LogP contribution in [0, 0.1) is 6.92 Å². The van der Waals surface area contributed by atoms with Crippen molar-refractivity contribution in [2.45, 2.75) is 55.2 Å². The fraction of sp³-hybridized carbons (Fsp3) is 0.400. The van der Waals surface area contributed by atoms with Gasteiger partial charge in [-0.25, -0.2) is 8.42 Å². The normalized spacial score (nSPS) is 29.7. The summed E-state index contributed by atoms with van der Waals surface area (Å²) in [5, 5.41) is 11.1. The van der Waals surface area contributed by atoms with Crippen molar-refractivity contribution in [1.29, 1.82) is 0 Å². The fourth-order valence-corrected chi connectivity index (χ4v) is 6.39. The third-order valence-electron chi connectivity index (χ3n) is 5.67. The molecule has 2 fully saturated rings. The van der Waals surface area contributed by atoms with Crippen LogP contribution in [0.15, 0.2) is 59.5 Å². The summed E-state index contributed by atoms with van der Waals surface area (Å²) in [6.45, 7) is 1.94. The van der Waals surface area contributed by atoms with Gasteiger partial charge in [0.05, 0.1) is 16.5 Å². The number of aryl methyl sites for hydroxylation is 1. The molecule has 0 aromatic heterocycles. The molecule has 1 saturated heterocycles. The summed E-state index contributed by atoms with van der Waals surface area (Å²) < 4.78 is 28.0. The van der Waals surface area contributed by atoms with Gasteiger partial charge in [-0.05, 0) is 37.5 Å². The molecule has 1 heterocycles. The fourth-order valence-electron chi connectivity index (χ4n) is 4.35. The van der Waals surface area contributed by atoms with E-state index < -0.39 is 21.7 Å². The molecule has 1 saturated carbocycles. The van der Waals surface area contributed by atoms with Gasteiger partial charge < -0.3 is 5.11 Å². The van der Waals surface area contributed by atoms with Crippen LogP contribution in [0.5, 0.6) is 0 Å². The summed E-state index contributed by atoms with van der Waals surface area (Å²) in [4.78, 5) is 0.312. The second-order valence-corrected chi connectivity index (χ2v) is 8.99. The number of hydrogen-bond acceptors (Lipinski definition) is 3. The quantitative estimate of drug-likeness (QED) is 0.853. The Balaban J connectivity index is 1.73. The van der Waals surface area contributed by atoms with Gasteiger partial charge in [0.15, 0.2) is 0 Å². The predicted octanol–water partition coefficient (Wildman–Crippen LogP) is 3.41. The van der Waals surface area contributed by atoms with E-state index in [2.05, 4.69) is 0 Å². The Morgan fingerprint density at radius 1 is 1.08 bits per heavy atom. The molecule has 2 unspecified atom stereocenters. The van der Waals surface area contributed by atoms with Crippen molar-refractivity contribution in [2.24, 2.45) is 0 Å². The highest BCUT2D eigenvalue weighted by Gasteiger charge is 2.71. The number of fused-ring (bicyclic) bond motifs is 1. The first-order chi connectivity index (χ1) is 12.0. The number of nitrogens with zero attached hydrogens (tertiary/aromatic N) is 1. The van der Waals surface area contributed by atoms with Crippen LogP contribution in [-0.4, -0.2) is 29.4 Å². The molecule has 2 aromatic rings. The van der Waals surface area contributed by atoms with E-state index in [0.717, 1.165) is 30.4 Å². The van der Waals surface area contributed by atoms with Gasteiger partial charge in [-0.1, -0.05) is 60.9 Å². The lowest BCUT2D eigenvalue weighted by Crippen LogP contribution is -2.32. The van der Waals surface area contributed by atoms with Crippen LogP contribution in [0.4, 0.5) is 0 Å². The van der Waals surface area contributed by atoms with Gasteiger partial charge in [-0.15, -0.1) is 0 Å². The van der Waals surface area contributed by atoms with Gasteiger partial charge in [0.25, 0.3) is 0 Å². The highest BCUT2D eigenvalue weighted by molar-refractivity contribution is 7.89. The number of benzene rings is 2. The molecule has 25 heavy (non-hydrogen) atoms. The Hall–Kier alpha value is -1.69. The molecule has 2 aromatic carbocycles. The maximum Gasteiger partial charge on any atom is 0.244 e. The molecule has 1 N–H and O–H groups in total. The van der Waals surface area contributed by atoms with Crippen molar-refractivity contribution in [3.63, 3.8) is 0 Å². The summed E-state index contributed by atoms with van der Waals surface area (Å²) >= 11 is 0. The van der Waals surface area contributed by atoms with Crippen molar-refractivity contribution in [2.75, 3.05) is 0 Å². The molecule has 4 nitrogen and oxygen atoms in total. The first-order valence-electron chi connectivity index (χ1n) is 8.82. The average molecular weight is 357 g/mol. The van der Waals surface area contributed by atoms with Crippen LogP contribution in [-0.2, 0) is 10.0 Å². The average Bonchev–Trinajstić information content (AvgIpc) is 3.33. The third kappa shape index (κ3) is 2.53. The monoisotopic (exact) mass is 357 g/mol. The van der Waals surface area contributed by atoms with Gasteiger partial charge in [0.2, 0.25) is 10.0 Å². The maximum atomic E-state index is 13.2. The zero-order valence-electron chi connectivity index (χ0n) is 14.3. The number of aliphatic hydroxyl groups excluding tert-OH is 1. The first kappa shape index (κ1) is 16.8. The number of hydrogen-bond donors (Lipinski definition) is 1. The number of sulfonamides is 1. The van der Waals surface area contributed by atoms with E-state index in [-0.39, 0.29) is 6.04 Å². The zero-order chi connectivity index (χ0) is 17.7. The number of rotatable bonds is 4. The largest absolute Gasteiger partial charge is 0.386 e. The Bertz CT molecular complexity index is 864. The van der Waals surface area contributed by atoms with Gasteiger partial charge >= 0.3 is 0 Å². The van der Waals surface area contributed by atoms with E-state index in [9.17, 15) is 13.5 Å². The molecule has 2 aliphatic rings. The summed E-state index contributed by atoms with van der Waals surface area (Å²) in [5.41, 5.74) is 1.13. The molecule has 0 radical (unpaired) electrons. The molecule has 1 aliphatic heterocycles. The van der Waals surface area contributed by atoms with Crippen LogP contribution in [0.1, 0.15) is 42.9 Å². The SMILES string of the molecule is Cc1ccc(S(=O)(=O)N2[C@H]3CCCC[C@]32C(O)c2ccccc2)cc1. The van der Waals surface area contributed by atoms with Gasteiger partial charge in [-0.2, -0.15) is 4.31 Å². The molecular formula is C20H23NO3S. The first-order valence-corrected chi connectivity index (χ1v) is 10.3. The smallest absolute Gasteiger partial charge is 0.244 e. The van der Waals surface area contributed by atoms with Crippen LogP contribution < -0.4 is 0 Å². The van der Waals surface area contributed by atoms with Crippen LogP contribution in [0.3, 0.4) is 0 Å². The predicted molar refractivity (Wildman–Crippen MR) is 96.6 cm³/mol. The maximum absolute atomic E-state index is 13.2. The highest BCUT2D eigenvalue weighted by Crippen LogP contribution is 2.60. The van der Waals surface area contributed by atoms with Crippen LogP contribution in [0.25, 0.3) is 0 Å². The minimum atomic E-state index is -3.60. The van der Waals surface area contributed by atoms with Crippen molar-refractivity contribution in [1.82, 2.24) is 4.31 Å². The highest BCUT2D eigenvalue weighted by atomic mass is 32.2. The molecule has 0 spiro atoms. The zero-order valence-corrected chi connectivity index (χ0v) is 15.1. The molecule has 4 rings (SSSR count). The van der Waals surface area contributed by atoms with Gasteiger partial charge in [0, 0.05) is 6.04 Å². The van der Waals surface area contributed by atoms with Crippen molar-refractivity contribution in [3.05, 3.63) is 65.7 Å². The Labute approximate surface area is 149 Å². The molecule has 1 aliphatic carbocycles. The third-order valence-corrected chi connectivity index (χ3v) is 7.65. The molecule has 4 atom stereocenters. The summed E-state index contributed by atoms with van der Waals surface area (Å²) in [6, 6.07) is 16.3. The minimum Gasteiger partial charge on any atom is -0.386 e. The molecule has 5 heteroatoms. The van der Waals surface area contributed by atoms with Gasteiger partial charge in [-0.3, -0.25) is 0 Å². The van der Waals surface area contributed by atoms with E-state index >= 15 is 0 Å². The van der Waals surface area contributed by atoms with E-state index in [1.165, 1.54) is 0 Å². The second kappa shape index (κ2) is 5.94. The van der Waals surface area contributed by atoms with Crippen molar-refractivity contribution >= 4 is 10.0 Å². The Kier molecular flexibility index (Phi) is 3.98. The molecule has 0 amide bonds. The summed E-state index contributed by atoms with van der Waals surface area (Å²) in [5.74, 6) is 0. The lowest BCUT2D eigenvalue weighted by molar-refractivity contribution is 0.104. The number of aliphatic hydroxyl groups is 1. The molecule has 0 bridgehead atoms. The Morgan fingerprint density at radius 2 is 1.76 bits per heavy atom. The molecular weight excluding hydrogens is 334 g/mol. The summed E-state index contributed by atoms with van der Waals surface area (Å²) in [7, 11) is -3.60. The van der Waals surface area contributed by atoms with E-state index in [0.29, 0.717) is 11.3 Å². The van der Waals surface area contributed by atoms with E-state index in [1.807, 2.05) is 49.4 Å². The van der Waals surface area contributed by atoms with Crippen LogP contribution in [0.2, 0.25) is 0 Å². The van der Waals surface area contributed by atoms with Gasteiger partial charge in [0.1, 0.15) is 0 Å². The van der Waals surface area contributed by atoms with Crippen LogP contribution >= 0.6 is 0 Å². The van der Waals surface area contributed by atoms with E-state index in [4.69, 9.17) is 0 Å².